The summed E-state index contributed by atoms with van der Waals surface area (Å²) < 4.78 is 10.5. The summed E-state index contributed by atoms with van der Waals surface area (Å²) in [6, 6.07) is 7.08. The molecule has 1 aromatic rings. The molecule has 0 aliphatic rings. The van der Waals surface area contributed by atoms with Crippen molar-refractivity contribution in [2.45, 2.75) is 46.6 Å². The molecule has 0 fully saturated rings. The van der Waals surface area contributed by atoms with E-state index >= 15 is 0 Å². The molecule has 0 N–H and O–H groups in total. The van der Waals surface area contributed by atoms with Crippen LogP contribution in [-0.2, 0) is 4.74 Å². The highest BCUT2D eigenvalue weighted by molar-refractivity contribution is 5.89. The zero-order chi connectivity index (χ0) is 15.1. The van der Waals surface area contributed by atoms with Crippen molar-refractivity contribution in [1.82, 2.24) is 0 Å². The van der Waals surface area contributed by atoms with Crippen LogP contribution in [-0.4, -0.2) is 19.2 Å². The van der Waals surface area contributed by atoms with Gasteiger partial charge in [0.25, 0.3) is 0 Å². The van der Waals surface area contributed by atoms with E-state index in [0.717, 1.165) is 12.2 Å². The summed E-state index contributed by atoms with van der Waals surface area (Å²) in [7, 11) is 1.38. The molecule has 0 heterocycles. The predicted octanol–water partition coefficient (Wildman–Crippen LogP) is 4.31. The molecule has 0 aliphatic carbocycles. The molecule has 0 spiro atoms. The summed E-state index contributed by atoms with van der Waals surface area (Å²) in [5, 5.41) is 0. The molecule has 20 heavy (non-hydrogen) atoms. The molecular formula is C17H26O3. The molecule has 0 bridgehead atoms. The number of ether oxygens (including phenoxy) is 2. The minimum atomic E-state index is -0.324. The maximum absolute atomic E-state index is 11.3. The van der Waals surface area contributed by atoms with Crippen molar-refractivity contribution in [1.29, 1.82) is 0 Å². The van der Waals surface area contributed by atoms with Crippen molar-refractivity contribution in [2.75, 3.05) is 7.11 Å². The third-order valence-corrected chi connectivity index (χ3v) is 3.78. The van der Waals surface area contributed by atoms with Crippen LogP contribution in [0.5, 0.6) is 5.75 Å². The first-order valence-electron chi connectivity index (χ1n) is 7.29. The highest BCUT2D eigenvalue weighted by Crippen LogP contribution is 2.20. The Labute approximate surface area is 122 Å². The van der Waals surface area contributed by atoms with Crippen molar-refractivity contribution in [2.24, 2.45) is 11.8 Å². The lowest BCUT2D eigenvalue weighted by Gasteiger charge is -2.19. The highest BCUT2D eigenvalue weighted by Gasteiger charge is 2.11. The molecule has 0 radical (unpaired) electrons. The van der Waals surface area contributed by atoms with E-state index in [4.69, 9.17) is 4.74 Å². The van der Waals surface area contributed by atoms with E-state index in [1.807, 2.05) is 12.1 Å². The van der Waals surface area contributed by atoms with Crippen LogP contribution in [0.15, 0.2) is 24.3 Å². The fourth-order valence-corrected chi connectivity index (χ4v) is 1.91. The van der Waals surface area contributed by atoms with Crippen LogP contribution in [0.1, 0.15) is 50.9 Å². The Hall–Kier alpha value is -1.51. The SMILES string of the molecule is COC(=O)c1ccc(OC(C)CCC(C)C(C)C)cc1. The van der Waals surface area contributed by atoms with Gasteiger partial charge in [0.05, 0.1) is 18.8 Å². The molecule has 1 aromatic carbocycles. The van der Waals surface area contributed by atoms with Crippen molar-refractivity contribution in [3.05, 3.63) is 29.8 Å². The second-order valence-corrected chi connectivity index (χ2v) is 5.74. The highest BCUT2D eigenvalue weighted by atomic mass is 16.5. The fraction of sp³-hybridized carbons (Fsp3) is 0.588. The molecule has 2 atom stereocenters. The van der Waals surface area contributed by atoms with Gasteiger partial charge in [-0.05, 0) is 55.9 Å². The third-order valence-electron chi connectivity index (χ3n) is 3.78. The van der Waals surface area contributed by atoms with Gasteiger partial charge in [-0.15, -0.1) is 0 Å². The van der Waals surface area contributed by atoms with Crippen LogP contribution < -0.4 is 4.74 Å². The van der Waals surface area contributed by atoms with Gasteiger partial charge in [0.2, 0.25) is 0 Å². The van der Waals surface area contributed by atoms with Crippen LogP contribution >= 0.6 is 0 Å². The van der Waals surface area contributed by atoms with Gasteiger partial charge in [0.15, 0.2) is 0 Å². The monoisotopic (exact) mass is 278 g/mol. The molecule has 1 rings (SSSR count). The Morgan fingerprint density at radius 3 is 2.15 bits per heavy atom. The summed E-state index contributed by atoms with van der Waals surface area (Å²) >= 11 is 0. The van der Waals surface area contributed by atoms with E-state index in [0.29, 0.717) is 17.4 Å². The number of hydrogen-bond donors (Lipinski definition) is 0. The summed E-state index contributed by atoms with van der Waals surface area (Å²) in [6.45, 7) is 8.87. The fourth-order valence-electron chi connectivity index (χ4n) is 1.91. The van der Waals surface area contributed by atoms with Crippen LogP contribution in [0, 0.1) is 11.8 Å². The molecule has 0 saturated carbocycles. The van der Waals surface area contributed by atoms with Crippen LogP contribution in [0.3, 0.4) is 0 Å². The molecule has 0 aromatic heterocycles. The average molecular weight is 278 g/mol. The Bertz CT molecular complexity index is 409. The number of esters is 1. The van der Waals surface area contributed by atoms with Gasteiger partial charge in [-0.25, -0.2) is 4.79 Å². The van der Waals surface area contributed by atoms with E-state index in [2.05, 4.69) is 32.4 Å². The van der Waals surface area contributed by atoms with Crippen LogP contribution in [0.25, 0.3) is 0 Å². The van der Waals surface area contributed by atoms with Gasteiger partial charge in [0.1, 0.15) is 5.75 Å². The first-order valence-corrected chi connectivity index (χ1v) is 7.29. The third kappa shape index (κ3) is 5.24. The largest absolute Gasteiger partial charge is 0.491 e. The Balaban J connectivity index is 2.46. The molecule has 0 amide bonds. The molecule has 3 nitrogen and oxygen atoms in total. The van der Waals surface area contributed by atoms with E-state index in [9.17, 15) is 4.79 Å². The molecule has 112 valence electrons. The standard InChI is InChI=1S/C17H26O3/c1-12(2)13(3)6-7-14(4)20-16-10-8-15(9-11-16)17(18)19-5/h8-14H,6-7H2,1-5H3. The molecule has 0 aliphatic heterocycles. The maximum Gasteiger partial charge on any atom is 0.337 e. The smallest absolute Gasteiger partial charge is 0.337 e. The normalized spacial score (nSPS) is 13.9. The lowest BCUT2D eigenvalue weighted by molar-refractivity contribution is 0.0600. The van der Waals surface area contributed by atoms with Crippen molar-refractivity contribution >= 4 is 5.97 Å². The van der Waals surface area contributed by atoms with Gasteiger partial charge in [-0.3, -0.25) is 0 Å². The minimum Gasteiger partial charge on any atom is -0.491 e. The lowest BCUT2D eigenvalue weighted by atomic mass is 9.92. The van der Waals surface area contributed by atoms with Gasteiger partial charge in [-0.2, -0.15) is 0 Å². The van der Waals surface area contributed by atoms with Gasteiger partial charge < -0.3 is 9.47 Å². The van der Waals surface area contributed by atoms with Crippen molar-refractivity contribution < 1.29 is 14.3 Å². The second kappa shape index (κ2) is 7.93. The summed E-state index contributed by atoms with van der Waals surface area (Å²) in [6.07, 6.45) is 2.39. The van der Waals surface area contributed by atoms with E-state index in [1.54, 1.807) is 12.1 Å². The van der Waals surface area contributed by atoms with Gasteiger partial charge in [0, 0.05) is 0 Å². The second-order valence-electron chi connectivity index (χ2n) is 5.74. The number of methoxy groups -OCH3 is 1. The Kier molecular flexibility index (Phi) is 6.56. The Morgan fingerprint density at radius 2 is 1.65 bits per heavy atom. The van der Waals surface area contributed by atoms with Crippen molar-refractivity contribution in [3.63, 3.8) is 0 Å². The topological polar surface area (TPSA) is 35.5 Å². The quantitative estimate of drug-likeness (QED) is 0.697. The Morgan fingerprint density at radius 1 is 1.05 bits per heavy atom. The van der Waals surface area contributed by atoms with Crippen molar-refractivity contribution in [3.8, 4) is 5.75 Å². The summed E-state index contributed by atoms with van der Waals surface area (Å²) in [4.78, 5) is 11.3. The van der Waals surface area contributed by atoms with Crippen LogP contribution in [0.2, 0.25) is 0 Å². The maximum atomic E-state index is 11.3. The zero-order valence-electron chi connectivity index (χ0n) is 13.2. The number of benzene rings is 1. The first-order chi connectivity index (χ1) is 9.43. The first kappa shape index (κ1) is 16.5. The average Bonchev–Trinajstić information content (AvgIpc) is 2.44. The minimum absolute atomic E-state index is 0.181. The summed E-state index contributed by atoms with van der Waals surface area (Å²) in [5.74, 6) is 1.89. The number of rotatable bonds is 7. The number of carbonyl (C=O) groups is 1. The molecule has 3 heteroatoms. The molecule has 0 saturated heterocycles. The van der Waals surface area contributed by atoms with E-state index in [-0.39, 0.29) is 12.1 Å². The number of carbonyl (C=O) groups excluding carboxylic acids is 1. The molecular weight excluding hydrogens is 252 g/mol. The predicted molar refractivity (Wildman–Crippen MR) is 81.1 cm³/mol. The molecule has 2 unspecified atom stereocenters. The van der Waals surface area contributed by atoms with Gasteiger partial charge in [-0.1, -0.05) is 20.8 Å². The van der Waals surface area contributed by atoms with Crippen LogP contribution in [0.4, 0.5) is 0 Å². The van der Waals surface area contributed by atoms with E-state index < -0.39 is 0 Å². The summed E-state index contributed by atoms with van der Waals surface area (Å²) in [5.41, 5.74) is 0.543. The zero-order valence-corrected chi connectivity index (χ0v) is 13.2. The van der Waals surface area contributed by atoms with E-state index in [1.165, 1.54) is 13.5 Å². The number of hydrogen-bond acceptors (Lipinski definition) is 3. The van der Waals surface area contributed by atoms with Gasteiger partial charge >= 0.3 is 5.97 Å². The lowest BCUT2D eigenvalue weighted by Crippen LogP contribution is -2.15.